The molecule has 0 saturated carbocycles. The molecule has 0 aliphatic heterocycles. The van der Waals surface area contributed by atoms with Crippen molar-refractivity contribution in [3.63, 3.8) is 0 Å². The first-order chi connectivity index (χ1) is 6.63. The summed E-state index contributed by atoms with van der Waals surface area (Å²) in [6.45, 7) is 0. The van der Waals surface area contributed by atoms with Crippen molar-refractivity contribution in [3.05, 3.63) is 35.6 Å². The molecule has 4 heteroatoms. The fourth-order valence-electron chi connectivity index (χ4n) is 1.21. The second-order valence-corrected chi connectivity index (χ2v) is 3.01. The summed E-state index contributed by atoms with van der Waals surface area (Å²) in [5.41, 5.74) is 0.673. The smallest absolute Gasteiger partial charge is 0.321 e. The van der Waals surface area contributed by atoms with Gasteiger partial charge in [0.15, 0.2) is 0 Å². The van der Waals surface area contributed by atoms with Crippen molar-refractivity contribution in [1.29, 1.82) is 0 Å². The van der Waals surface area contributed by atoms with Crippen LogP contribution in [0.4, 0.5) is 4.39 Å². The van der Waals surface area contributed by atoms with Gasteiger partial charge in [0.05, 0.1) is 0 Å². The Morgan fingerprint density at radius 1 is 1.64 bits per heavy atom. The maximum absolute atomic E-state index is 12.8. The number of carboxylic acid groups (broad SMARTS) is 1. The lowest BCUT2D eigenvalue weighted by Crippen LogP contribution is -2.35. The van der Waals surface area contributed by atoms with Crippen molar-refractivity contribution in [3.8, 4) is 0 Å². The van der Waals surface area contributed by atoms with Crippen LogP contribution in [0.1, 0.15) is 5.56 Å². The van der Waals surface area contributed by atoms with E-state index in [-0.39, 0.29) is 12.2 Å². The van der Waals surface area contributed by atoms with Crippen LogP contribution in [0.5, 0.6) is 0 Å². The number of hydrogen-bond donors (Lipinski definition) is 2. The number of carboxylic acids is 1. The summed E-state index contributed by atoms with van der Waals surface area (Å²) in [5, 5.41) is 11.4. The van der Waals surface area contributed by atoms with E-state index >= 15 is 0 Å². The average molecular weight is 197 g/mol. The molecular formula is C10H12FNO2. The van der Waals surface area contributed by atoms with Gasteiger partial charge in [-0.1, -0.05) is 12.1 Å². The van der Waals surface area contributed by atoms with Crippen molar-refractivity contribution >= 4 is 5.97 Å². The Morgan fingerprint density at radius 2 is 2.36 bits per heavy atom. The summed E-state index contributed by atoms with van der Waals surface area (Å²) >= 11 is 0. The topological polar surface area (TPSA) is 49.3 Å². The van der Waals surface area contributed by atoms with Gasteiger partial charge >= 0.3 is 5.97 Å². The lowest BCUT2D eigenvalue weighted by molar-refractivity contribution is -0.139. The molecule has 1 atom stereocenters. The highest BCUT2D eigenvalue weighted by molar-refractivity contribution is 5.73. The Kier molecular flexibility index (Phi) is 3.59. The average Bonchev–Trinajstić information content (AvgIpc) is 2.14. The van der Waals surface area contributed by atoms with Crippen LogP contribution in [0, 0.1) is 5.82 Å². The molecule has 1 rings (SSSR count). The molecule has 0 bridgehead atoms. The van der Waals surface area contributed by atoms with Crippen molar-refractivity contribution < 1.29 is 14.3 Å². The molecule has 1 aromatic carbocycles. The molecule has 0 radical (unpaired) electrons. The zero-order valence-corrected chi connectivity index (χ0v) is 7.83. The van der Waals surface area contributed by atoms with Crippen molar-refractivity contribution in [2.24, 2.45) is 0 Å². The van der Waals surface area contributed by atoms with Crippen LogP contribution in [-0.2, 0) is 11.2 Å². The van der Waals surface area contributed by atoms with E-state index in [0.717, 1.165) is 0 Å². The Bertz CT molecular complexity index is 328. The Balaban J connectivity index is 2.72. The molecule has 2 N–H and O–H groups in total. The first-order valence-corrected chi connectivity index (χ1v) is 4.28. The number of likely N-dealkylation sites (N-methyl/N-ethyl adjacent to an activating group) is 1. The zero-order valence-electron chi connectivity index (χ0n) is 7.83. The summed E-state index contributed by atoms with van der Waals surface area (Å²) in [4.78, 5) is 10.7. The first kappa shape index (κ1) is 10.7. The summed E-state index contributed by atoms with van der Waals surface area (Å²) in [5.74, 6) is -1.28. The van der Waals surface area contributed by atoms with Crippen molar-refractivity contribution in [1.82, 2.24) is 5.32 Å². The van der Waals surface area contributed by atoms with Gasteiger partial charge in [0.25, 0.3) is 0 Å². The van der Waals surface area contributed by atoms with Gasteiger partial charge in [-0.3, -0.25) is 4.79 Å². The maximum atomic E-state index is 12.8. The van der Waals surface area contributed by atoms with Gasteiger partial charge in [-0.15, -0.1) is 0 Å². The normalized spacial score (nSPS) is 12.4. The highest BCUT2D eigenvalue weighted by Gasteiger charge is 2.15. The minimum absolute atomic E-state index is 0.281. The number of aliphatic carboxylic acids is 1. The molecule has 0 aromatic heterocycles. The number of rotatable bonds is 4. The maximum Gasteiger partial charge on any atom is 0.321 e. The zero-order chi connectivity index (χ0) is 10.6. The molecule has 1 aromatic rings. The number of benzene rings is 1. The van der Waals surface area contributed by atoms with E-state index in [0.29, 0.717) is 5.56 Å². The first-order valence-electron chi connectivity index (χ1n) is 4.28. The third kappa shape index (κ3) is 2.81. The van der Waals surface area contributed by atoms with E-state index in [4.69, 9.17) is 5.11 Å². The number of hydrogen-bond acceptors (Lipinski definition) is 2. The van der Waals surface area contributed by atoms with E-state index in [1.165, 1.54) is 12.1 Å². The third-order valence-corrected chi connectivity index (χ3v) is 1.98. The highest BCUT2D eigenvalue weighted by atomic mass is 19.1. The highest BCUT2D eigenvalue weighted by Crippen LogP contribution is 2.06. The lowest BCUT2D eigenvalue weighted by atomic mass is 10.1. The van der Waals surface area contributed by atoms with Crippen LogP contribution < -0.4 is 5.32 Å². The molecule has 0 aliphatic rings. The van der Waals surface area contributed by atoms with Gasteiger partial charge in [0.2, 0.25) is 0 Å². The van der Waals surface area contributed by atoms with Crippen molar-refractivity contribution in [2.75, 3.05) is 7.05 Å². The summed E-state index contributed by atoms with van der Waals surface area (Å²) in [6, 6.07) is 5.28. The standard InChI is InChI=1S/C10H12FNO2/c1-12-9(10(13)14)6-7-3-2-4-8(11)5-7/h2-5,9,12H,6H2,1H3,(H,13,14)/t9-/m1/s1. The molecule has 14 heavy (non-hydrogen) atoms. The Morgan fingerprint density at radius 3 is 2.86 bits per heavy atom. The van der Waals surface area contributed by atoms with Crippen LogP contribution >= 0.6 is 0 Å². The largest absolute Gasteiger partial charge is 0.480 e. The van der Waals surface area contributed by atoms with Gasteiger partial charge in [-0.2, -0.15) is 0 Å². The molecule has 0 fully saturated rings. The monoisotopic (exact) mass is 197 g/mol. The molecule has 0 amide bonds. The molecule has 0 aliphatic carbocycles. The quantitative estimate of drug-likeness (QED) is 0.758. The van der Waals surface area contributed by atoms with Crippen LogP contribution in [0.15, 0.2) is 24.3 Å². The lowest BCUT2D eigenvalue weighted by Gasteiger charge is -2.10. The molecule has 0 unspecified atom stereocenters. The van der Waals surface area contributed by atoms with E-state index in [9.17, 15) is 9.18 Å². The van der Waals surface area contributed by atoms with Gasteiger partial charge < -0.3 is 10.4 Å². The van der Waals surface area contributed by atoms with Crippen LogP contribution in [0.2, 0.25) is 0 Å². The van der Waals surface area contributed by atoms with Crippen molar-refractivity contribution in [2.45, 2.75) is 12.5 Å². The fourth-order valence-corrected chi connectivity index (χ4v) is 1.21. The summed E-state index contributed by atoms with van der Waals surface area (Å²) < 4.78 is 12.8. The SMILES string of the molecule is CN[C@H](Cc1cccc(F)c1)C(=O)O. The van der Waals surface area contributed by atoms with E-state index in [1.807, 2.05) is 0 Å². The van der Waals surface area contributed by atoms with E-state index in [2.05, 4.69) is 5.32 Å². The number of halogens is 1. The molecular weight excluding hydrogens is 185 g/mol. The predicted molar refractivity (Wildman–Crippen MR) is 50.6 cm³/mol. The Labute approximate surface area is 81.6 Å². The molecule has 3 nitrogen and oxygen atoms in total. The molecule has 0 heterocycles. The minimum atomic E-state index is -0.934. The second kappa shape index (κ2) is 4.72. The molecule has 0 saturated heterocycles. The summed E-state index contributed by atoms with van der Waals surface area (Å²) in [7, 11) is 1.57. The second-order valence-electron chi connectivity index (χ2n) is 3.01. The van der Waals surface area contributed by atoms with E-state index < -0.39 is 12.0 Å². The van der Waals surface area contributed by atoms with Gasteiger partial charge in [0.1, 0.15) is 11.9 Å². The van der Waals surface area contributed by atoms with E-state index in [1.54, 1.807) is 19.2 Å². The van der Waals surface area contributed by atoms with Gasteiger partial charge in [-0.05, 0) is 31.2 Å². The van der Waals surface area contributed by atoms with Crippen LogP contribution in [0.25, 0.3) is 0 Å². The summed E-state index contributed by atoms with van der Waals surface area (Å²) in [6.07, 6.45) is 0.281. The van der Waals surface area contributed by atoms with Gasteiger partial charge in [-0.25, -0.2) is 4.39 Å². The van der Waals surface area contributed by atoms with Crippen LogP contribution in [0.3, 0.4) is 0 Å². The fraction of sp³-hybridized carbons (Fsp3) is 0.300. The van der Waals surface area contributed by atoms with Gasteiger partial charge in [0, 0.05) is 0 Å². The number of carbonyl (C=O) groups is 1. The number of nitrogens with one attached hydrogen (secondary N) is 1. The Hall–Kier alpha value is -1.42. The predicted octanol–water partition coefficient (Wildman–Crippen LogP) is 1.04. The third-order valence-electron chi connectivity index (χ3n) is 1.98. The van der Waals surface area contributed by atoms with Crippen LogP contribution in [-0.4, -0.2) is 24.2 Å². The molecule has 76 valence electrons. The molecule has 0 spiro atoms. The minimum Gasteiger partial charge on any atom is -0.480 e.